The number of amidine groups is 1. The van der Waals surface area contributed by atoms with Gasteiger partial charge in [0.25, 0.3) is 0 Å². The Hall–Kier alpha value is -0.650. The molecule has 1 fully saturated rings. The Morgan fingerprint density at radius 3 is 2.15 bits per heavy atom. The summed E-state index contributed by atoms with van der Waals surface area (Å²) in [4.78, 5) is 2.06. The van der Waals surface area contributed by atoms with Gasteiger partial charge in [0.15, 0.2) is 0 Å². The first-order valence-electron chi connectivity index (χ1n) is 4.28. The van der Waals surface area contributed by atoms with Crippen molar-refractivity contribution in [1.29, 1.82) is 5.41 Å². The van der Waals surface area contributed by atoms with Crippen LogP contribution in [0.1, 0.15) is 0 Å². The number of nitrogens with two attached hydrogens (primary N) is 1. The van der Waals surface area contributed by atoms with E-state index in [4.69, 9.17) is 20.6 Å². The molecule has 2 atom stereocenters. The van der Waals surface area contributed by atoms with Gasteiger partial charge in [-0.3, -0.25) is 10.3 Å². The van der Waals surface area contributed by atoms with Crippen LogP contribution in [-0.2, 0) is 9.47 Å². The van der Waals surface area contributed by atoms with Crippen LogP contribution in [0.4, 0.5) is 0 Å². The van der Waals surface area contributed by atoms with Gasteiger partial charge in [-0.2, -0.15) is 0 Å². The highest BCUT2D eigenvalue weighted by Crippen LogP contribution is 2.14. The SMILES string of the molecule is COC1CN(CC(=N)N)CC1OC. The number of nitrogens with one attached hydrogen (secondary N) is 1. The number of likely N-dealkylation sites (tertiary alicyclic amines) is 1. The summed E-state index contributed by atoms with van der Waals surface area (Å²) in [6.45, 7) is 2.07. The fraction of sp³-hybridized carbons (Fsp3) is 0.875. The van der Waals surface area contributed by atoms with Crippen LogP contribution >= 0.6 is 0 Å². The Balaban J connectivity index is 2.43. The Bertz CT molecular complexity index is 174. The van der Waals surface area contributed by atoms with E-state index < -0.39 is 0 Å². The molecule has 0 aliphatic carbocycles. The van der Waals surface area contributed by atoms with E-state index in [2.05, 4.69) is 4.90 Å². The van der Waals surface area contributed by atoms with Gasteiger partial charge in [0.1, 0.15) is 5.84 Å². The van der Waals surface area contributed by atoms with Crippen LogP contribution in [0.5, 0.6) is 0 Å². The average Bonchev–Trinajstić information content (AvgIpc) is 2.45. The van der Waals surface area contributed by atoms with E-state index in [-0.39, 0.29) is 18.0 Å². The molecule has 1 aliphatic rings. The molecular formula is C8H17N3O2. The minimum atomic E-state index is 0.101. The molecule has 0 saturated carbocycles. The number of rotatable bonds is 4. The molecule has 1 aliphatic heterocycles. The quantitative estimate of drug-likeness (QED) is 0.449. The van der Waals surface area contributed by atoms with E-state index in [1.165, 1.54) is 0 Å². The van der Waals surface area contributed by atoms with E-state index in [0.29, 0.717) is 6.54 Å². The number of hydrogen-bond acceptors (Lipinski definition) is 4. The van der Waals surface area contributed by atoms with Crippen molar-refractivity contribution >= 4 is 5.84 Å². The van der Waals surface area contributed by atoms with E-state index in [9.17, 15) is 0 Å². The summed E-state index contributed by atoms with van der Waals surface area (Å²) in [6, 6.07) is 0. The highest BCUT2D eigenvalue weighted by atomic mass is 16.5. The Morgan fingerprint density at radius 2 is 1.85 bits per heavy atom. The second-order valence-electron chi connectivity index (χ2n) is 3.27. The number of methoxy groups -OCH3 is 2. The normalized spacial score (nSPS) is 29.4. The van der Waals surface area contributed by atoms with Gasteiger partial charge in [-0.1, -0.05) is 0 Å². The lowest BCUT2D eigenvalue weighted by Crippen LogP contribution is -2.32. The summed E-state index contributed by atoms with van der Waals surface area (Å²) in [5.41, 5.74) is 5.31. The van der Waals surface area contributed by atoms with Gasteiger partial charge in [0.05, 0.1) is 18.8 Å². The number of hydrogen-bond donors (Lipinski definition) is 2. The summed E-state index contributed by atoms with van der Waals surface area (Å²) >= 11 is 0. The fourth-order valence-electron chi connectivity index (χ4n) is 1.64. The highest BCUT2D eigenvalue weighted by molar-refractivity contribution is 5.78. The molecular weight excluding hydrogens is 170 g/mol. The van der Waals surface area contributed by atoms with Gasteiger partial charge in [0, 0.05) is 27.3 Å². The Kier molecular flexibility index (Phi) is 3.65. The molecule has 3 N–H and O–H groups in total. The fourth-order valence-corrected chi connectivity index (χ4v) is 1.64. The topological polar surface area (TPSA) is 71.6 Å². The van der Waals surface area contributed by atoms with Crippen molar-refractivity contribution in [2.24, 2.45) is 5.73 Å². The van der Waals surface area contributed by atoms with Crippen molar-refractivity contribution in [1.82, 2.24) is 4.90 Å². The van der Waals surface area contributed by atoms with Crippen LogP contribution in [0.3, 0.4) is 0 Å². The second-order valence-corrected chi connectivity index (χ2v) is 3.27. The van der Waals surface area contributed by atoms with Crippen LogP contribution in [0, 0.1) is 5.41 Å². The van der Waals surface area contributed by atoms with Gasteiger partial charge in [-0.25, -0.2) is 0 Å². The highest BCUT2D eigenvalue weighted by Gasteiger charge is 2.32. The van der Waals surface area contributed by atoms with E-state index in [1.54, 1.807) is 14.2 Å². The zero-order valence-corrected chi connectivity index (χ0v) is 8.12. The standard InChI is InChI=1S/C8H17N3O2/c1-12-6-3-11(5-8(9)10)4-7(6)13-2/h6-7H,3-5H2,1-2H3,(H3,9,10). The van der Waals surface area contributed by atoms with E-state index in [1.807, 2.05) is 0 Å². The average molecular weight is 187 g/mol. The van der Waals surface area contributed by atoms with Crippen molar-refractivity contribution in [3.8, 4) is 0 Å². The van der Waals surface area contributed by atoms with Crippen molar-refractivity contribution in [3.05, 3.63) is 0 Å². The third kappa shape index (κ3) is 2.65. The first-order chi connectivity index (χ1) is 6.17. The minimum Gasteiger partial charge on any atom is -0.387 e. The minimum absolute atomic E-state index is 0.101. The summed E-state index contributed by atoms with van der Waals surface area (Å²) in [7, 11) is 3.35. The molecule has 0 aromatic rings. The van der Waals surface area contributed by atoms with E-state index in [0.717, 1.165) is 13.1 Å². The summed E-state index contributed by atoms with van der Waals surface area (Å²) in [5, 5.41) is 7.16. The molecule has 1 rings (SSSR count). The monoisotopic (exact) mass is 187 g/mol. The molecule has 5 heteroatoms. The Labute approximate surface area is 78.3 Å². The third-order valence-corrected chi connectivity index (χ3v) is 2.29. The van der Waals surface area contributed by atoms with Gasteiger partial charge >= 0.3 is 0 Å². The number of nitrogens with zero attached hydrogens (tertiary/aromatic N) is 1. The van der Waals surface area contributed by atoms with Crippen molar-refractivity contribution in [2.45, 2.75) is 12.2 Å². The molecule has 0 radical (unpaired) electrons. The maximum atomic E-state index is 7.16. The van der Waals surface area contributed by atoms with Crippen LogP contribution < -0.4 is 5.73 Å². The van der Waals surface area contributed by atoms with Gasteiger partial charge in [-0.05, 0) is 0 Å². The zero-order chi connectivity index (χ0) is 9.84. The zero-order valence-electron chi connectivity index (χ0n) is 8.12. The molecule has 13 heavy (non-hydrogen) atoms. The van der Waals surface area contributed by atoms with Gasteiger partial charge in [0.2, 0.25) is 0 Å². The molecule has 2 unspecified atom stereocenters. The first-order valence-corrected chi connectivity index (χ1v) is 4.28. The largest absolute Gasteiger partial charge is 0.387 e. The van der Waals surface area contributed by atoms with Crippen LogP contribution in [0.15, 0.2) is 0 Å². The van der Waals surface area contributed by atoms with Gasteiger partial charge in [-0.15, -0.1) is 0 Å². The first kappa shape index (κ1) is 10.4. The van der Waals surface area contributed by atoms with Crippen molar-refractivity contribution in [2.75, 3.05) is 33.9 Å². The molecule has 0 amide bonds. The maximum absolute atomic E-state index is 7.16. The molecule has 0 aromatic heterocycles. The second kappa shape index (κ2) is 4.55. The van der Waals surface area contributed by atoms with Crippen LogP contribution in [0.25, 0.3) is 0 Å². The Morgan fingerprint density at radius 1 is 1.38 bits per heavy atom. The lowest BCUT2D eigenvalue weighted by atomic mass is 10.3. The lowest BCUT2D eigenvalue weighted by Gasteiger charge is -2.13. The predicted octanol–water partition coefficient (Wildman–Crippen LogP) is -0.732. The third-order valence-electron chi connectivity index (χ3n) is 2.29. The predicted molar refractivity (Wildman–Crippen MR) is 49.9 cm³/mol. The molecule has 0 spiro atoms. The van der Waals surface area contributed by atoms with E-state index >= 15 is 0 Å². The summed E-state index contributed by atoms with van der Waals surface area (Å²) in [6.07, 6.45) is 0.202. The molecule has 76 valence electrons. The summed E-state index contributed by atoms with van der Waals surface area (Å²) in [5.74, 6) is 0.187. The molecule has 5 nitrogen and oxygen atoms in total. The summed E-state index contributed by atoms with van der Waals surface area (Å²) < 4.78 is 10.5. The van der Waals surface area contributed by atoms with Crippen molar-refractivity contribution < 1.29 is 9.47 Å². The van der Waals surface area contributed by atoms with Crippen LogP contribution in [0.2, 0.25) is 0 Å². The van der Waals surface area contributed by atoms with Crippen LogP contribution in [-0.4, -0.2) is 56.8 Å². The molecule has 0 aromatic carbocycles. The van der Waals surface area contributed by atoms with Crippen molar-refractivity contribution in [3.63, 3.8) is 0 Å². The maximum Gasteiger partial charge on any atom is 0.105 e. The smallest absolute Gasteiger partial charge is 0.105 e. The lowest BCUT2D eigenvalue weighted by molar-refractivity contribution is -0.00461. The molecule has 0 bridgehead atoms. The van der Waals surface area contributed by atoms with Gasteiger partial charge < -0.3 is 15.2 Å². The number of ether oxygens (including phenoxy) is 2. The molecule has 1 heterocycles. The molecule has 1 saturated heterocycles.